The van der Waals surface area contributed by atoms with Gasteiger partial charge in [0.05, 0.1) is 17.1 Å². The summed E-state index contributed by atoms with van der Waals surface area (Å²) in [6.07, 6.45) is 1.43. The van der Waals surface area contributed by atoms with Crippen molar-refractivity contribution >= 4 is 51.2 Å². The van der Waals surface area contributed by atoms with Crippen LogP contribution in [0.25, 0.3) is 6.08 Å². The molecule has 0 saturated heterocycles. The third-order valence-corrected chi connectivity index (χ3v) is 5.84. The van der Waals surface area contributed by atoms with E-state index in [1.54, 1.807) is 18.2 Å². The van der Waals surface area contributed by atoms with Crippen molar-refractivity contribution in [1.29, 1.82) is 5.26 Å². The molecule has 0 saturated carbocycles. The Morgan fingerprint density at radius 3 is 2.38 bits per heavy atom. The second-order valence-electron chi connectivity index (χ2n) is 8.04. The van der Waals surface area contributed by atoms with Crippen LogP contribution < -0.4 is 15.4 Å². The molecule has 0 atom stereocenters. The van der Waals surface area contributed by atoms with Crippen molar-refractivity contribution in [1.82, 2.24) is 0 Å². The molecule has 0 radical (unpaired) electrons. The largest absolute Gasteiger partial charge is 0.483 e. The summed E-state index contributed by atoms with van der Waals surface area (Å²) in [5, 5.41) is 14.9. The minimum atomic E-state index is -0.604. The van der Waals surface area contributed by atoms with Crippen molar-refractivity contribution in [3.63, 3.8) is 0 Å². The van der Waals surface area contributed by atoms with Gasteiger partial charge >= 0.3 is 5.97 Å². The average molecular weight is 562 g/mol. The maximum Gasteiger partial charge on any atom is 0.337 e. The molecule has 0 heterocycles. The van der Waals surface area contributed by atoms with Crippen LogP contribution in [0.1, 0.15) is 27.0 Å². The summed E-state index contributed by atoms with van der Waals surface area (Å²) in [7, 11) is 1.28. The molecule has 3 rings (SSSR count). The van der Waals surface area contributed by atoms with Gasteiger partial charge in [-0.2, -0.15) is 5.26 Å². The molecule has 0 aromatic heterocycles. The van der Waals surface area contributed by atoms with Gasteiger partial charge in [-0.15, -0.1) is 0 Å². The van der Waals surface area contributed by atoms with Crippen molar-refractivity contribution in [3.8, 4) is 11.8 Å². The van der Waals surface area contributed by atoms with Gasteiger partial charge < -0.3 is 20.1 Å². The van der Waals surface area contributed by atoms with Gasteiger partial charge in [0.1, 0.15) is 17.4 Å². The number of aryl methyl sites for hydroxylation is 2. The highest BCUT2D eigenvalue weighted by Gasteiger charge is 2.12. The highest BCUT2D eigenvalue weighted by Crippen LogP contribution is 2.27. The van der Waals surface area contributed by atoms with E-state index in [-0.39, 0.29) is 18.1 Å². The van der Waals surface area contributed by atoms with E-state index in [2.05, 4.69) is 31.3 Å². The number of benzene rings is 3. The number of carbonyl (C=O) groups excluding carboxylic acids is 3. The first-order valence-corrected chi connectivity index (χ1v) is 11.9. The van der Waals surface area contributed by atoms with E-state index in [9.17, 15) is 19.6 Å². The van der Waals surface area contributed by atoms with Crippen molar-refractivity contribution in [2.24, 2.45) is 0 Å². The molecule has 2 amide bonds. The minimum absolute atomic E-state index is 0.120. The average Bonchev–Trinajstić information content (AvgIpc) is 2.88. The summed E-state index contributed by atoms with van der Waals surface area (Å²) < 4.78 is 10.8. The molecule has 3 aromatic rings. The number of nitrogens with one attached hydrogen (secondary N) is 2. The van der Waals surface area contributed by atoms with Crippen LogP contribution in [0, 0.1) is 25.2 Å². The molecule has 0 spiro atoms. The number of halogens is 1. The van der Waals surface area contributed by atoms with E-state index in [1.165, 1.54) is 37.5 Å². The molecule has 188 valence electrons. The molecule has 0 fully saturated rings. The highest BCUT2D eigenvalue weighted by molar-refractivity contribution is 9.10. The topological polar surface area (TPSA) is 118 Å². The maximum absolute atomic E-state index is 12.6. The van der Waals surface area contributed by atoms with Gasteiger partial charge in [-0.3, -0.25) is 9.59 Å². The zero-order valence-electron chi connectivity index (χ0n) is 20.4. The standard InChI is InChI=1S/C28H24BrN3O5/c1-17-4-5-18(2)24(12-17)32-26(33)16-37-25-11-6-19(14-23(25)29)13-21(15-30)27(34)31-22-9-7-20(8-10-22)28(35)36-3/h4-14H,16H2,1-3H3,(H,31,34)(H,32,33)/b21-13-. The van der Waals surface area contributed by atoms with E-state index in [4.69, 9.17) is 4.74 Å². The lowest BCUT2D eigenvalue weighted by Gasteiger charge is -2.11. The van der Waals surface area contributed by atoms with E-state index < -0.39 is 11.9 Å². The van der Waals surface area contributed by atoms with Crippen LogP contribution in [-0.4, -0.2) is 31.5 Å². The van der Waals surface area contributed by atoms with E-state index in [0.29, 0.717) is 27.0 Å². The normalized spacial score (nSPS) is 10.7. The lowest BCUT2D eigenvalue weighted by molar-refractivity contribution is -0.118. The van der Waals surface area contributed by atoms with Gasteiger partial charge in [0, 0.05) is 11.4 Å². The number of amides is 2. The first-order valence-electron chi connectivity index (χ1n) is 11.1. The SMILES string of the molecule is COC(=O)c1ccc(NC(=O)/C(C#N)=C\c2ccc(OCC(=O)Nc3cc(C)ccc3C)c(Br)c2)cc1. The number of hydrogen-bond donors (Lipinski definition) is 2. The summed E-state index contributed by atoms with van der Waals surface area (Å²) in [4.78, 5) is 36.4. The first-order chi connectivity index (χ1) is 17.7. The Labute approximate surface area is 223 Å². The number of esters is 1. The summed E-state index contributed by atoms with van der Waals surface area (Å²) in [6.45, 7) is 3.67. The fraction of sp³-hybridized carbons (Fsp3) is 0.143. The number of carbonyl (C=O) groups is 3. The van der Waals surface area contributed by atoms with Gasteiger partial charge in [0.2, 0.25) is 0 Å². The number of anilines is 2. The Morgan fingerprint density at radius 1 is 1.00 bits per heavy atom. The van der Waals surface area contributed by atoms with Crippen LogP contribution in [0.3, 0.4) is 0 Å². The molecular formula is C28H24BrN3O5. The highest BCUT2D eigenvalue weighted by atomic mass is 79.9. The van der Waals surface area contributed by atoms with E-state index in [0.717, 1.165) is 16.8 Å². The minimum Gasteiger partial charge on any atom is -0.483 e. The van der Waals surface area contributed by atoms with Gasteiger partial charge in [-0.05, 0) is 95.0 Å². The van der Waals surface area contributed by atoms with Crippen LogP contribution in [0.15, 0.2) is 70.7 Å². The zero-order chi connectivity index (χ0) is 26.9. The number of rotatable bonds is 8. The first kappa shape index (κ1) is 27.2. The number of ether oxygens (including phenoxy) is 2. The molecule has 0 aliphatic heterocycles. The quantitative estimate of drug-likeness (QED) is 0.215. The lowest BCUT2D eigenvalue weighted by atomic mass is 10.1. The van der Waals surface area contributed by atoms with Crippen molar-refractivity contribution in [2.45, 2.75) is 13.8 Å². The second-order valence-corrected chi connectivity index (χ2v) is 8.89. The fourth-order valence-corrected chi connectivity index (χ4v) is 3.76. The molecule has 2 N–H and O–H groups in total. The molecule has 0 aliphatic carbocycles. The molecule has 0 aliphatic rings. The number of nitrogens with zero attached hydrogens (tertiary/aromatic N) is 1. The fourth-order valence-electron chi connectivity index (χ4n) is 3.25. The predicted octanol–water partition coefficient (Wildman–Crippen LogP) is 5.42. The Bertz CT molecular complexity index is 1410. The summed E-state index contributed by atoms with van der Waals surface area (Å²) in [5.74, 6) is -0.960. The molecule has 37 heavy (non-hydrogen) atoms. The second kappa shape index (κ2) is 12.5. The van der Waals surface area contributed by atoms with Crippen LogP contribution in [-0.2, 0) is 14.3 Å². The Hall–Kier alpha value is -4.42. The number of methoxy groups -OCH3 is 1. The van der Waals surface area contributed by atoms with Gasteiger partial charge in [-0.25, -0.2) is 4.79 Å². The molecular weight excluding hydrogens is 538 g/mol. The Kier molecular flexibility index (Phi) is 9.19. The van der Waals surface area contributed by atoms with Crippen LogP contribution in [0.5, 0.6) is 5.75 Å². The Morgan fingerprint density at radius 2 is 1.73 bits per heavy atom. The zero-order valence-corrected chi connectivity index (χ0v) is 22.0. The van der Waals surface area contributed by atoms with E-state index in [1.807, 2.05) is 38.1 Å². The molecule has 0 bridgehead atoms. The van der Waals surface area contributed by atoms with Crippen LogP contribution in [0.4, 0.5) is 11.4 Å². The molecule has 8 nitrogen and oxygen atoms in total. The van der Waals surface area contributed by atoms with Crippen molar-refractivity contribution in [2.75, 3.05) is 24.4 Å². The summed E-state index contributed by atoms with van der Waals surface area (Å²) in [5.41, 5.74) is 3.93. The van der Waals surface area contributed by atoms with Crippen molar-refractivity contribution in [3.05, 3.63) is 93.0 Å². The summed E-state index contributed by atoms with van der Waals surface area (Å²) >= 11 is 3.41. The van der Waals surface area contributed by atoms with Crippen LogP contribution in [0.2, 0.25) is 0 Å². The number of nitriles is 1. The molecule has 0 unspecified atom stereocenters. The maximum atomic E-state index is 12.6. The third kappa shape index (κ3) is 7.53. The van der Waals surface area contributed by atoms with Crippen LogP contribution >= 0.6 is 15.9 Å². The van der Waals surface area contributed by atoms with Gasteiger partial charge in [0.15, 0.2) is 6.61 Å². The third-order valence-electron chi connectivity index (χ3n) is 5.22. The summed E-state index contributed by atoms with van der Waals surface area (Å²) in [6, 6.07) is 18.8. The van der Waals surface area contributed by atoms with Gasteiger partial charge in [-0.1, -0.05) is 18.2 Å². The smallest absolute Gasteiger partial charge is 0.337 e. The van der Waals surface area contributed by atoms with Gasteiger partial charge in [0.25, 0.3) is 11.8 Å². The van der Waals surface area contributed by atoms with Crippen molar-refractivity contribution < 1.29 is 23.9 Å². The Balaban J connectivity index is 1.63. The molecule has 9 heteroatoms. The lowest BCUT2D eigenvalue weighted by Crippen LogP contribution is -2.20. The number of hydrogen-bond acceptors (Lipinski definition) is 6. The van der Waals surface area contributed by atoms with E-state index >= 15 is 0 Å². The predicted molar refractivity (Wildman–Crippen MR) is 144 cm³/mol. The monoisotopic (exact) mass is 561 g/mol. The molecule has 3 aromatic carbocycles.